The van der Waals surface area contributed by atoms with Crippen LogP contribution in [0.4, 0.5) is 5.69 Å². The summed E-state index contributed by atoms with van der Waals surface area (Å²) in [7, 11) is -2.07. The van der Waals surface area contributed by atoms with E-state index in [0.717, 1.165) is 5.56 Å². The number of sulfonamides is 1. The maximum absolute atomic E-state index is 12.6. The molecule has 3 aromatic rings. The van der Waals surface area contributed by atoms with Gasteiger partial charge in [0.2, 0.25) is 10.0 Å². The second kappa shape index (κ2) is 9.69. The standard InChI is InChI=1S/C22H26N2O5S/c1-16(2)29-22-17(7-4-11-21(22)27-3)14-23-18-8-5-10-20(13-18)30(25,26)24-15-19-9-6-12-28-19/h4-13,16,23-24H,14-15H2,1-3H3. The quantitative estimate of drug-likeness (QED) is 0.502. The molecule has 8 heteroatoms. The van der Waals surface area contributed by atoms with Gasteiger partial charge in [0.15, 0.2) is 11.5 Å². The van der Waals surface area contributed by atoms with Gasteiger partial charge < -0.3 is 19.2 Å². The molecule has 7 nitrogen and oxygen atoms in total. The van der Waals surface area contributed by atoms with E-state index in [1.165, 1.54) is 6.26 Å². The van der Waals surface area contributed by atoms with Crippen LogP contribution in [0.15, 0.2) is 70.2 Å². The SMILES string of the molecule is COc1cccc(CNc2cccc(S(=O)(=O)NCc3ccco3)c2)c1OC(C)C. The Kier molecular flexibility index (Phi) is 7.02. The number of hydrogen-bond donors (Lipinski definition) is 2. The lowest BCUT2D eigenvalue weighted by molar-refractivity contribution is 0.228. The molecule has 0 atom stereocenters. The van der Waals surface area contributed by atoms with Gasteiger partial charge in [-0.1, -0.05) is 18.2 Å². The van der Waals surface area contributed by atoms with Gasteiger partial charge >= 0.3 is 0 Å². The van der Waals surface area contributed by atoms with Crippen molar-refractivity contribution in [2.24, 2.45) is 0 Å². The highest BCUT2D eigenvalue weighted by molar-refractivity contribution is 7.89. The Labute approximate surface area is 177 Å². The van der Waals surface area contributed by atoms with Crippen molar-refractivity contribution in [3.63, 3.8) is 0 Å². The van der Waals surface area contributed by atoms with Gasteiger partial charge in [0, 0.05) is 17.8 Å². The van der Waals surface area contributed by atoms with Crippen molar-refractivity contribution in [3.8, 4) is 11.5 Å². The second-order valence-electron chi connectivity index (χ2n) is 6.90. The zero-order chi connectivity index (χ0) is 21.6. The normalized spacial score (nSPS) is 11.5. The second-order valence-corrected chi connectivity index (χ2v) is 8.67. The van der Waals surface area contributed by atoms with E-state index in [2.05, 4.69) is 10.0 Å². The molecule has 0 radical (unpaired) electrons. The van der Waals surface area contributed by atoms with Crippen LogP contribution in [0, 0.1) is 0 Å². The van der Waals surface area contributed by atoms with Crippen molar-refractivity contribution in [1.29, 1.82) is 0 Å². The van der Waals surface area contributed by atoms with Gasteiger partial charge in [-0.2, -0.15) is 0 Å². The first-order valence-electron chi connectivity index (χ1n) is 9.57. The molecule has 0 saturated heterocycles. The van der Waals surface area contributed by atoms with E-state index in [9.17, 15) is 8.42 Å². The van der Waals surface area contributed by atoms with Crippen LogP contribution >= 0.6 is 0 Å². The first-order valence-corrected chi connectivity index (χ1v) is 11.1. The van der Waals surface area contributed by atoms with Crippen LogP contribution in [0.3, 0.4) is 0 Å². The van der Waals surface area contributed by atoms with Crippen molar-refractivity contribution >= 4 is 15.7 Å². The molecule has 30 heavy (non-hydrogen) atoms. The van der Waals surface area contributed by atoms with E-state index >= 15 is 0 Å². The Morgan fingerprint density at radius 2 is 1.83 bits per heavy atom. The largest absolute Gasteiger partial charge is 0.493 e. The van der Waals surface area contributed by atoms with E-state index in [1.54, 1.807) is 37.4 Å². The van der Waals surface area contributed by atoms with Gasteiger partial charge in [-0.15, -0.1) is 0 Å². The molecule has 0 aliphatic heterocycles. The number of benzene rings is 2. The van der Waals surface area contributed by atoms with Gasteiger partial charge in [0.1, 0.15) is 5.76 Å². The highest BCUT2D eigenvalue weighted by Crippen LogP contribution is 2.32. The number of ether oxygens (including phenoxy) is 2. The molecule has 1 heterocycles. The number of rotatable bonds is 10. The summed E-state index contributed by atoms with van der Waals surface area (Å²) >= 11 is 0. The highest BCUT2D eigenvalue weighted by Gasteiger charge is 2.16. The Hall–Kier alpha value is -2.97. The predicted octanol–water partition coefficient (Wildman–Crippen LogP) is 4.17. The fraction of sp³-hybridized carbons (Fsp3) is 0.273. The minimum atomic E-state index is -3.67. The molecule has 0 aliphatic rings. The molecule has 2 N–H and O–H groups in total. The molecule has 0 amide bonds. The molecule has 0 spiro atoms. The summed E-state index contributed by atoms with van der Waals surface area (Å²) in [5, 5.41) is 3.26. The van der Waals surface area contributed by atoms with Crippen molar-refractivity contribution in [2.75, 3.05) is 12.4 Å². The topological polar surface area (TPSA) is 89.8 Å². The molecule has 0 saturated carbocycles. The predicted molar refractivity (Wildman–Crippen MR) is 115 cm³/mol. The summed E-state index contributed by atoms with van der Waals surface area (Å²) in [6, 6.07) is 15.8. The van der Waals surface area contributed by atoms with Crippen LogP contribution in [0.25, 0.3) is 0 Å². The molecule has 1 aromatic heterocycles. The lowest BCUT2D eigenvalue weighted by atomic mass is 10.1. The van der Waals surface area contributed by atoms with E-state index in [1.807, 2.05) is 38.1 Å². The Balaban J connectivity index is 1.73. The summed E-state index contributed by atoms with van der Waals surface area (Å²) in [6.45, 7) is 4.44. The first-order chi connectivity index (χ1) is 14.4. The average molecular weight is 431 g/mol. The van der Waals surface area contributed by atoms with Gasteiger partial charge in [-0.3, -0.25) is 0 Å². The van der Waals surface area contributed by atoms with Crippen LogP contribution in [-0.4, -0.2) is 21.6 Å². The molecule has 0 bridgehead atoms. The number of methoxy groups -OCH3 is 1. The minimum Gasteiger partial charge on any atom is -0.493 e. The third-order valence-electron chi connectivity index (χ3n) is 4.28. The van der Waals surface area contributed by atoms with Crippen LogP contribution in [-0.2, 0) is 23.1 Å². The number of hydrogen-bond acceptors (Lipinski definition) is 6. The third-order valence-corrected chi connectivity index (χ3v) is 5.68. The zero-order valence-corrected chi connectivity index (χ0v) is 18.0. The number of anilines is 1. The van der Waals surface area contributed by atoms with Crippen molar-refractivity contribution in [3.05, 3.63) is 72.2 Å². The lowest BCUT2D eigenvalue weighted by Gasteiger charge is -2.18. The fourth-order valence-corrected chi connectivity index (χ4v) is 3.90. The smallest absolute Gasteiger partial charge is 0.241 e. The van der Waals surface area contributed by atoms with Gasteiger partial charge in [0.25, 0.3) is 0 Å². The monoisotopic (exact) mass is 430 g/mol. The van der Waals surface area contributed by atoms with Crippen molar-refractivity contribution in [2.45, 2.75) is 37.9 Å². The van der Waals surface area contributed by atoms with E-state index < -0.39 is 10.0 Å². The maximum atomic E-state index is 12.6. The van der Waals surface area contributed by atoms with E-state index in [-0.39, 0.29) is 17.5 Å². The molecular weight excluding hydrogens is 404 g/mol. The summed E-state index contributed by atoms with van der Waals surface area (Å²) in [4.78, 5) is 0.170. The Morgan fingerprint density at radius 3 is 2.53 bits per heavy atom. The summed E-state index contributed by atoms with van der Waals surface area (Å²) < 4.78 is 44.2. The van der Waals surface area contributed by atoms with Crippen molar-refractivity contribution < 1.29 is 22.3 Å². The average Bonchev–Trinajstić information content (AvgIpc) is 3.25. The molecule has 2 aromatic carbocycles. The van der Waals surface area contributed by atoms with Crippen LogP contribution in [0.5, 0.6) is 11.5 Å². The molecule has 0 fully saturated rings. The van der Waals surface area contributed by atoms with E-state index in [0.29, 0.717) is 29.5 Å². The lowest BCUT2D eigenvalue weighted by Crippen LogP contribution is -2.23. The number of furan rings is 1. The van der Waals surface area contributed by atoms with E-state index in [4.69, 9.17) is 13.9 Å². The summed E-state index contributed by atoms with van der Waals surface area (Å²) in [5.41, 5.74) is 1.58. The summed E-state index contributed by atoms with van der Waals surface area (Å²) in [5.74, 6) is 1.87. The third kappa shape index (κ3) is 5.55. The molecular formula is C22H26N2O5S. The molecule has 0 unspecified atom stereocenters. The van der Waals surface area contributed by atoms with Crippen molar-refractivity contribution in [1.82, 2.24) is 4.72 Å². The van der Waals surface area contributed by atoms with Gasteiger partial charge in [0.05, 0.1) is 30.9 Å². The minimum absolute atomic E-state index is 0.00578. The van der Waals surface area contributed by atoms with Gasteiger partial charge in [-0.05, 0) is 50.2 Å². The summed E-state index contributed by atoms with van der Waals surface area (Å²) in [6.07, 6.45) is 1.50. The molecule has 0 aliphatic carbocycles. The molecule has 160 valence electrons. The van der Waals surface area contributed by atoms with Crippen LogP contribution in [0.2, 0.25) is 0 Å². The fourth-order valence-electron chi connectivity index (χ4n) is 2.86. The number of nitrogens with one attached hydrogen (secondary N) is 2. The zero-order valence-electron chi connectivity index (χ0n) is 17.2. The Morgan fingerprint density at radius 1 is 1.03 bits per heavy atom. The first kappa shape index (κ1) is 21.7. The highest BCUT2D eigenvalue weighted by atomic mass is 32.2. The number of para-hydroxylation sites is 1. The van der Waals surface area contributed by atoms with Gasteiger partial charge in [-0.25, -0.2) is 13.1 Å². The molecule has 3 rings (SSSR count). The maximum Gasteiger partial charge on any atom is 0.241 e. The Bertz CT molecular complexity index is 1060. The van der Waals surface area contributed by atoms with Crippen LogP contribution < -0.4 is 19.5 Å². The van der Waals surface area contributed by atoms with Crippen LogP contribution in [0.1, 0.15) is 25.2 Å².